The molecule has 1 heterocycles. The zero-order valence-electron chi connectivity index (χ0n) is 6.57. The number of aromatic nitrogens is 2. The lowest BCUT2D eigenvalue weighted by atomic mass is 10.3. The van der Waals surface area contributed by atoms with Gasteiger partial charge in [-0.1, -0.05) is 11.6 Å². The van der Waals surface area contributed by atoms with E-state index in [0.29, 0.717) is 0 Å². The molecule has 6 nitrogen and oxygen atoms in total. The average Bonchev–Trinajstić information content (AvgIpc) is 2.01. The minimum absolute atomic E-state index is 0.0810. The summed E-state index contributed by atoms with van der Waals surface area (Å²) in [4.78, 5) is 16.7. The van der Waals surface area contributed by atoms with Crippen molar-refractivity contribution in [2.24, 2.45) is 0 Å². The van der Waals surface area contributed by atoms with E-state index >= 15 is 0 Å². The van der Waals surface area contributed by atoms with Crippen molar-refractivity contribution < 1.29 is 4.92 Å². The Morgan fingerprint density at radius 2 is 2.14 bits per heavy atom. The van der Waals surface area contributed by atoms with Crippen molar-refractivity contribution in [3.05, 3.63) is 26.2 Å². The quantitative estimate of drug-likeness (QED) is 0.335. The second-order valence-electron chi connectivity index (χ2n) is 2.17. The van der Waals surface area contributed by atoms with Gasteiger partial charge in [-0.05, 0) is 11.6 Å². The van der Waals surface area contributed by atoms with Gasteiger partial charge in [0.05, 0.1) is 17.4 Å². The number of nitro groups is 1. The summed E-state index contributed by atoms with van der Waals surface area (Å²) in [6.07, 6.45) is -0.238. The van der Waals surface area contributed by atoms with Crippen LogP contribution in [0.3, 0.4) is 0 Å². The van der Waals surface area contributed by atoms with Crippen LogP contribution in [0.5, 0.6) is 0 Å². The molecule has 0 unspecified atom stereocenters. The Morgan fingerprint density at radius 3 is 2.64 bits per heavy atom. The predicted octanol–water partition coefficient (Wildman–Crippen LogP) is 1.76. The van der Waals surface area contributed by atoms with Crippen molar-refractivity contribution in [3.8, 4) is 6.07 Å². The number of nitrogens with zero attached hydrogens (tertiary/aromatic N) is 4. The van der Waals surface area contributed by atoms with Crippen LogP contribution in [0.1, 0.15) is 5.69 Å². The summed E-state index contributed by atoms with van der Waals surface area (Å²) < 4.78 is 0. The molecule has 0 bridgehead atoms. The average molecular weight is 233 g/mol. The van der Waals surface area contributed by atoms with Crippen LogP contribution in [-0.4, -0.2) is 14.9 Å². The van der Waals surface area contributed by atoms with E-state index in [1.165, 1.54) is 0 Å². The van der Waals surface area contributed by atoms with Gasteiger partial charge >= 0.3 is 5.69 Å². The summed E-state index contributed by atoms with van der Waals surface area (Å²) in [6, 6.07) is 1.72. The first-order valence-corrected chi connectivity index (χ1v) is 4.05. The molecule has 0 aliphatic carbocycles. The Kier molecular flexibility index (Phi) is 3.17. The zero-order chi connectivity index (χ0) is 10.7. The lowest BCUT2D eigenvalue weighted by molar-refractivity contribution is -0.386. The summed E-state index contributed by atoms with van der Waals surface area (Å²) >= 11 is 10.9. The molecule has 0 saturated carbocycles. The molecule has 0 spiro atoms. The topological polar surface area (TPSA) is 92.7 Å². The highest BCUT2D eigenvalue weighted by atomic mass is 35.5. The molecule has 0 aliphatic rings. The second-order valence-corrected chi connectivity index (χ2v) is 2.87. The summed E-state index contributed by atoms with van der Waals surface area (Å²) in [5.41, 5.74) is -0.555. The van der Waals surface area contributed by atoms with Crippen molar-refractivity contribution in [1.29, 1.82) is 5.26 Å². The van der Waals surface area contributed by atoms with E-state index in [-0.39, 0.29) is 22.6 Å². The van der Waals surface area contributed by atoms with Crippen LogP contribution in [0.25, 0.3) is 0 Å². The maximum Gasteiger partial charge on any atom is 0.328 e. The Labute approximate surface area is 88.3 Å². The van der Waals surface area contributed by atoms with Crippen LogP contribution < -0.4 is 0 Å². The molecule has 0 amide bonds. The largest absolute Gasteiger partial charge is 0.328 e. The van der Waals surface area contributed by atoms with Crippen LogP contribution in [0.15, 0.2) is 0 Å². The van der Waals surface area contributed by atoms with Gasteiger partial charge in [0.2, 0.25) is 10.4 Å². The van der Waals surface area contributed by atoms with Crippen molar-refractivity contribution >= 4 is 28.9 Å². The van der Waals surface area contributed by atoms with Gasteiger partial charge in [-0.2, -0.15) is 10.2 Å². The number of nitriles is 1. The van der Waals surface area contributed by atoms with Crippen molar-refractivity contribution in [1.82, 2.24) is 9.97 Å². The van der Waals surface area contributed by atoms with Crippen LogP contribution in [0.2, 0.25) is 10.4 Å². The highest BCUT2D eigenvalue weighted by molar-refractivity contribution is 6.33. The van der Waals surface area contributed by atoms with Crippen LogP contribution in [-0.2, 0) is 6.42 Å². The molecule has 0 N–H and O–H groups in total. The third kappa shape index (κ3) is 2.07. The van der Waals surface area contributed by atoms with Gasteiger partial charge in [0, 0.05) is 0 Å². The Morgan fingerprint density at radius 1 is 1.50 bits per heavy atom. The third-order valence-electron chi connectivity index (χ3n) is 1.32. The minimum atomic E-state index is -0.745. The van der Waals surface area contributed by atoms with E-state index in [2.05, 4.69) is 9.97 Å². The van der Waals surface area contributed by atoms with Gasteiger partial charge in [0.25, 0.3) is 0 Å². The standard InChI is InChI=1S/C6H2Cl2N4O2/c7-5-4(12(13)14)3(1-2-9)10-6(8)11-5/h1H2. The molecule has 0 atom stereocenters. The molecule has 0 aliphatic heterocycles. The minimum Gasteiger partial charge on any atom is -0.258 e. The van der Waals surface area contributed by atoms with E-state index in [4.69, 9.17) is 28.5 Å². The molecule has 0 radical (unpaired) electrons. The van der Waals surface area contributed by atoms with Gasteiger partial charge in [-0.15, -0.1) is 0 Å². The molecule has 8 heteroatoms. The molecular weight excluding hydrogens is 231 g/mol. The maximum absolute atomic E-state index is 10.5. The number of halogens is 2. The van der Waals surface area contributed by atoms with Gasteiger partial charge in [-0.25, -0.2) is 4.98 Å². The third-order valence-corrected chi connectivity index (χ3v) is 1.75. The lowest BCUT2D eigenvalue weighted by Crippen LogP contribution is -2.01. The fraction of sp³-hybridized carbons (Fsp3) is 0.167. The summed E-state index contributed by atoms with van der Waals surface area (Å²) in [7, 11) is 0. The predicted molar refractivity (Wildman–Crippen MR) is 48.0 cm³/mol. The van der Waals surface area contributed by atoms with Gasteiger partial charge in [0.15, 0.2) is 0 Å². The van der Waals surface area contributed by atoms with Gasteiger partial charge in [-0.3, -0.25) is 10.1 Å². The molecule has 72 valence electrons. The van der Waals surface area contributed by atoms with Crippen LogP contribution in [0, 0.1) is 21.4 Å². The SMILES string of the molecule is N#CCc1nc(Cl)nc(Cl)c1[N+](=O)[O-]. The van der Waals surface area contributed by atoms with Gasteiger partial charge < -0.3 is 0 Å². The van der Waals surface area contributed by atoms with E-state index in [1.54, 1.807) is 6.07 Å². The molecule has 0 saturated heterocycles. The highest BCUT2D eigenvalue weighted by Gasteiger charge is 2.22. The number of rotatable bonds is 2. The van der Waals surface area contributed by atoms with Crippen LogP contribution in [0.4, 0.5) is 5.69 Å². The van der Waals surface area contributed by atoms with Crippen molar-refractivity contribution in [2.75, 3.05) is 0 Å². The number of hydrogen-bond acceptors (Lipinski definition) is 5. The summed E-state index contributed by atoms with van der Waals surface area (Å²) in [6.45, 7) is 0. The van der Waals surface area contributed by atoms with E-state index < -0.39 is 10.6 Å². The molecular formula is C6H2Cl2N4O2. The molecule has 0 aromatic carbocycles. The van der Waals surface area contributed by atoms with E-state index in [9.17, 15) is 10.1 Å². The Bertz CT molecular complexity index is 429. The monoisotopic (exact) mass is 232 g/mol. The maximum atomic E-state index is 10.5. The Hall–Kier alpha value is -1.45. The molecule has 1 aromatic heterocycles. The van der Waals surface area contributed by atoms with Crippen molar-refractivity contribution in [3.63, 3.8) is 0 Å². The van der Waals surface area contributed by atoms with Crippen LogP contribution >= 0.6 is 23.2 Å². The second kappa shape index (κ2) is 4.17. The smallest absolute Gasteiger partial charge is 0.258 e. The molecule has 0 fully saturated rings. The Balaban J connectivity index is 3.38. The van der Waals surface area contributed by atoms with E-state index in [0.717, 1.165) is 0 Å². The first-order chi connectivity index (χ1) is 6.56. The first kappa shape index (κ1) is 10.6. The fourth-order valence-electron chi connectivity index (χ4n) is 0.821. The molecule has 14 heavy (non-hydrogen) atoms. The van der Waals surface area contributed by atoms with E-state index in [1.807, 2.05) is 0 Å². The van der Waals surface area contributed by atoms with Gasteiger partial charge in [0.1, 0.15) is 5.69 Å². The number of hydrogen-bond donors (Lipinski definition) is 0. The molecule has 1 rings (SSSR count). The normalized spacial score (nSPS) is 9.50. The first-order valence-electron chi connectivity index (χ1n) is 3.29. The van der Waals surface area contributed by atoms with Crippen molar-refractivity contribution in [2.45, 2.75) is 6.42 Å². The lowest BCUT2D eigenvalue weighted by Gasteiger charge is -1.99. The zero-order valence-corrected chi connectivity index (χ0v) is 8.08. The highest BCUT2D eigenvalue weighted by Crippen LogP contribution is 2.26. The summed E-state index contributed by atoms with van der Waals surface area (Å²) in [5, 5.41) is 18.3. The molecule has 1 aromatic rings. The summed E-state index contributed by atoms with van der Waals surface area (Å²) in [5.74, 6) is 0. The fourth-order valence-corrected chi connectivity index (χ4v) is 1.31.